The smallest absolute Gasteiger partial charge is 0.318 e. The number of carbonyl (C=O) groups excluding carboxylic acids is 1. The van der Waals surface area contributed by atoms with E-state index in [0.29, 0.717) is 0 Å². The Hall–Kier alpha value is -2.04. The Bertz CT molecular complexity index is 631. The molecule has 0 saturated carbocycles. The molecule has 2 amide bonds. The summed E-state index contributed by atoms with van der Waals surface area (Å²) >= 11 is 0. The van der Waals surface area contributed by atoms with Crippen LogP contribution >= 0.6 is 0 Å². The topological polar surface area (TPSA) is 61.0 Å². The van der Waals surface area contributed by atoms with Crippen LogP contribution in [0.4, 0.5) is 4.79 Å². The predicted octanol–water partition coefficient (Wildman–Crippen LogP) is 2.35. The van der Waals surface area contributed by atoms with Gasteiger partial charge in [-0.2, -0.15) is 0 Å². The van der Waals surface area contributed by atoms with Crippen LogP contribution < -0.4 is 5.32 Å². The van der Waals surface area contributed by atoms with E-state index >= 15 is 0 Å². The average Bonchev–Trinajstić information content (AvgIpc) is 2.89. The molecular formula is C14H18N4O. The maximum absolute atomic E-state index is 11.9. The summed E-state index contributed by atoms with van der Waals surface area (Å²) in [6, 6.07) is 6.41. The first-order chi connectivity index (χ1) is 9.04. The molecule has 1 fully saturated rings. The molecule has 1 aliphatic rings. The number of aromatic nitrogens is 2. The number of aryl methyl sites for hydroxylation is 1. The number of H-pyrrole nitrogens is 1. The number of aromatic amines is 1. The Morgan fingerprint density at radius 2 is 2.21 bits per heavy atom. The molecule has 1 aliphatic heterocycles. The Morgan fingerprint density at radius 3 is 2.89 bits per heavy atom. The zero-order chi connectivity index (χ0) is 13.6. The lowest BCUT2D eigenvalue weighted by Crippen LogP contribution is -2.33. The lowest BCUT2D eigenvalue weighted by atomic mass is 10.1. The number of nitrogens with zero attached hydrogens (tertiary/aromatic N) is 2. The number of amides is 2. The molecule has 0 radical (unpaired) electrons. The molecule has 2 heterocycles. The summed E-state index contributed by atoms with van der Waals surface area (Å²) in [6.45, 7) is 6.72. The molecule has 0 spiro atoms. The zero-order valence-corrected chi connectivity index (χ0v) is 11.4. The van der Waals surface area contributed by atoms with Crippen molar-refractivity contribution < 1.29 is 4.79 Å². The van der Waals surface area contributed by atoms with E-state index in [2.05, 4.69) is 21.4 Å². The first-order valence-electron chi connectivity index (χ1n) is 6.58. The minimum absolute atomic E-state index is 0.0147. The van der Waals surface area contributed by atoms with Gasteiger partial charge in [-0.05, 0) is 38.5 Å². The number of imidazole rings is 1. The highest BCUT2D eigenvalue weighted by atomic mass is 16.2. The summed E-state index contributed by atoms with van der Waals surface area (Å²) in [4.78, 5) is 21.3. The third-order valence-corrected chi connectivity index (χ3v) is 3.59. The third-order valence-electron chi connectivity index (χ3n) is 3.59. The highest BCUT2D eigenvalue weighted by molar-refractivity contribution is 5.79. The van der Waals surface area contributed by atoms with E-state index in [1.807, 2.05) is 37.8 Å². The van der Waals surface area contributed by atoms with Crippen molar-refractivity contribution in [3.8, 4) is 0 Å². The minimum Gasteiger partial charge on any atom is -0.342 e. The molecular weight excluding hydrogens is 240 g/mol. The van der Waals surface area contributed by atoms with Gasteiger partial charge in [-0.3, -0.25) is 0 Å². The van der Waals surface area contributed by atoms with Crippen molar-refractivity contribution in [2.45, 2.75) is 32.9 Å². The summed E-state index contributed by atoms with van der Waals surface area (Å²) in [6.07, 6.45) is 0. The second-order valence-electron chi connectivity index (χ2n) is 5.35. The molecule has 1 saturated heterocycles. The number of nitrogens with one attached hydrogen (secondary N) is 2. The molecule has 1 aromatic heterocycles. The summed E-state index contributed by atoms with van der Waals surface area (Å²) < 4.78 is 0. The van der Waals surface area contributed by atoms with E-state index in [1.165, 1.54) is 0 Å². The van der Waals surface area contributed by atoms with Gasteiger partial charge in [0.2, 0.25) is 0 Å². The van der Waals surface area contributed by atoms with E-state index in [1.54, 1.807) is 0 Å². The van der Waals surface area contributed by atoms with Gasteiger partial charge in [-0.15, -0.1) is 0 Å². The van der Waals surface area contributed by atoms with Crippen molar-refractivity contribution in [3.05, 3.63) is 29.6 Å². The molecule has 1 unspecified atom stereocenters. The van der Waals surface area contributed by atoms with Crippen molar-refractivity contribution in [2.75, 3.05) is 6.54 Å². The molecule has 1 atom stereocenters. The minimum atomic E-state index is 0.0147. The van der Waals surface area contributed by atoms with Crippen LogP contribution in [0.15, 0.2) is 18.2 Å². The molecule has 2 aromatic rings. The van der Waals surface area contributed by atoms with Gasteiger partial charge in [0.05, 0.1) is 17.1 Å². The lowest BCUT2D eigenvalue weighted by Gasteiger charge is -2.18. The number of fused-ring (bicyclic) bond motifs is 1. The second-order valence-corrected chi connectivity index (χ2v) is 5.35. The Balaban J connectivity index is 1.90. The fraction of sp³-hybridized carbons (Fsp3) is 0.429. The molecule has 3 rings (SSSR count). The quantitative estimate of drug-likeness (QED) is 0.868. The van der Waals surface area contributed by atoms with E-state index < -0.39 is 0 Å². The molecule has 0 bridgehead atoms. The van der Waals surface area contributed by atoms with E-state index in [0.717, 1.165) is 29.0 Å². The number of rotatable bonds is 2. The van der Waals surface area contributed by atoms with Gasteiger partial charge in [0.25, 0.3) is 0 Å². The summed E-state index contributed by atoms with van der Waals surface area (Å²) in [7, 11) is 0. The number of carbonyl (C=O) groups is 1. The predicted molar refractivity (Wildman–Crippen MR) is 73.9 cm³/mol. The van der Waals surface area contributed by atoms with Gasteiger partial charge >= 0.3 is 6.03 Å². The maximum atomic E-state index is 11.9. The van der Waals surface area contributed by atoms with Gasteiger partial charge in [0.15, 0.2) is 0 Å². The van der Waals surface area contributed by atoms with E-state index in [4.69, 9.17) is 0 Å². The van der Waals surface area contributed by atoms with Crippen LogP contribution in [0, 0.1) is 6.92 Å². The summed E-state index contributed by atoms with van der Waals surface area (Å²) in [5.74, 6) is 0.909. The highest BCUT2D eigenvalue weighted by Gasteiger charge is 2.31. The van der Waals surface area contributed by atoms with Crippen LogP contribution in [-0.4, -0.2) is 33.5 Å². The third kappa shape index (κ3) is 2.05. The molecule has 100 valence electrons. The molecule has 0 aliphatic carbocycles. The monoisotopic (exact) mass is 258 g/mol. The SMILES string of the molecule is Cc1nc2ccc(C3CN(C(C)C)C(=O)N3)cc2[nH]1. The average molecular weight is 258 g/mol. The Morgan fingerprint density at radius 1 is 1.42 bits per heavy atom. The van der Waals surface area contributed by atoms with Crippen molar-refractivity contribution in [1.29, 1.82) is 0 Å². The van der Waals surface area contributed by atoms with Gasteiger partial charge in [0, 0.05) is 12.6 Å². The van der Waals surface area contributed by atoms with Crippen molar-refractivity contribution in [3.63, 3.8) is 0 Å². The fourth-order valence-electron chi connectivity index (χ4n) is 2.56. The fourth-order valence-corrected chi connectivity index (χ4v) is 2.56. The number of benzene rings is 1. The van der Waals surface area contributed by atoms with Crippen molar-refractivity contribution in [2.24, 2.45) is 0 Å². The van der Waals surface area contributed by atoms with Crippen LogP contribution in [0.25, 0.3) is 11.0 Å². The zero-order valence-electron chi connectivity index (χ0n) is 11.4. The maximum Gasteiger partial charge on any atom is 0.318 e. The first-order valence-corrected chi connectivity index (χ1v) is 6.58. The van der Waals surface area contributed by atoms with Gasteiger partial charge in [-0.1, -0.05) is 6.07 Å². The van der Waals surface area contributed by atoms with Crippen LogP contribution in [0.5, 0.6) is 0 Å². The van der Waals surface area contributed by atoms with Crippen molar-refractivity contribution in [1.82, 2.24) is 20.2 Å². The van der Waals surface area contributed by atoms with Crippen LogP contribution in [0.1, 0.15) is 31.3 Å². The van der Waals surface area contributed by atoms with E-state index in [-0.39, 0.29) is 18.1 Å². The highest BCUT2D eigenvalue weighted by Crippen LogP contribution is 2.24. The normalized spacial score (nSPS) is 19.5. The molecule has 1 aromatic carbocycles. The molecule has 5 heteroatoms. The summed E-state index contributed by atoms with van der Waals surface area (Å²) in [5, 5.41) is 3.03. The number of hydrogen-bond donors (Lipinski definition) is 2. The Labute approximate surface area is 112 Å². The first kappa shape index (κ1) is 12.0. The standard InChI is InChI=1S/C14H18N4O/c1-8(2)18-7-13(17-14(18)19)10-4-5-11-12(6-10)16-9(3)15-11/h4-6,8,13H,7H2,1-3H3,(H,15,16)(H,17,19). The second kappa shape index (κ2) is 4.26. The van der Waals surface area contributed by atoms with Crippen LogP contribution in [0.3, 0.4) is 0 Å². The van der Waals surface area contributed by atoms with Gasteiger partial charge < -0.3 is 15.2 Å². The van der Waals surface area contributed by atoms with Gasteiger partial charge in [0.1, 0.15) is 5.82 Å². The molecule has 2 N–H and O–H groups in total. The molecule has 19 heavy (non-hydrogen) atoms. The molecule has 5 nitrogen and oxygen atoms in total. The van der Waals surface area contributed by atoms with Gasteiger partial charge in [-0.25, -0.2) is 9.78 Å². The lowest BCUT2D eigenvalue weighted by molar-refractivity contribution is 0.206. The van der Waals surface area contributed by atoms with Crippen LogP contribution in [0.2, 0.25) is 0 Å². The van der Waals surface area contributed by atoms with Crippen molar-refractivity contribution >= 4 is 17.1 Å². The van der Waals surface area contributed by atoms with Crippen LogP contribution in [-0.2, 0) is 0 Å². The Kier molecular flexibility index (Phi) is 2.69. The number of urea groups is 1. The van der Waals surface area contributed by atoms with E-state index in [9.17, 15) is 4.79 Å². The largest absolute Gasteiger partial charge is 0.342 e. The number of hydrogen-bond acceptors (Lipinski definition) is 2. The summed E-state index contributed by atoms with van der Waals surface area (Å²) in [5.41, 5.74) is 3.10.